The van der Waals surface area contributed by atoms with Crippen molar-refractivity contribution in [1.82, 2.24) is 4.90 Å². The molecule has 0 unspecified atom stereocenters. The molecule has 0 fully saturated rings. The zero-order valence-corrected chi connectivity index (χ0v) is 12.7. The Bertz CT molecular complexity index is 508. The Balaban J connectivity index is 2.87. The fraction of sp³-hybridized carbons (Fsp3) is 0.438. The van der Waals surface area contributed by atoms with Gasteiger partial charge in [0.25, 0.3) is 5.91 Å². The van der Waals surface area contributed by atoms with Gasteiger partial charge in [-0.1, -0.05) is 19.1 Å². The maximum Gasteiger partial charge on any atom is 0.325 e. The predicted molar refractivity (Wildman–Crippen MR) is 79.0 cm³/mol. The number of aryl methyl sites for hydroxylation is 1. The standard InChI is InChI=1S/C16H21NO4/c1-4-13-6-8-14(9-7-13)16(20)17(10-12(3)18)11-15(19)21-5-2/h6-9H,4-5,10-11H2,1-3H3. The van der Waals surface area contributed by atoms with Crippen molar-refractivity contribution in [2.75, 3.05) is 19.7 Å². The molecule has 0 saturated carbocycles. The number of carbonyl (C=O) groups is 3. The molecule has 0 spiro atoms. The van der Waals surface area contributed by atoms with Crippen LogP contribution in [0.1, 0.15) is 36.7 Å². The van der Waals surface area contributed by atoms with E-state index < -0.39 is 5.97 Å². The van der Waals surface area contributed by atoms with Crippen LogP contribution in [-0.2, 0) is 20.7 Å². The highest BCUT2D eigenvalue weighted by Gasteiger charge is 2.20. The Morgan fingerprint density at radius 2 is 1.67 bits per heavy atom. The van der Waals surface area contributed by atoms with Gasteiger partial charge in [0.1, 0.15) is 12.3 Å². The van der Waals surface area contributed by atoms with Gasteiger partial charge in [0, 0.05) is 5.56 Å². The molecule has 1 aromatic carbocycles. The molecule has 0 aliphatic heterocycles. The average Bonchev–Trinajstić information content (AvgIpc) is 2.45. The molecule has 0 atom stereocenters. The summed E-state index contributed by atoms with van der Waals surface area (Å²) in [7, 11) is 0. The van der Waals surface area contributed by atoms with Crippen LogP contribution >= 0.6 is 0 Å². The van der Waals surface area contributed by atoms with Crippen molar-refractivity contribution in [2.24, 2.45) is 0 Å². The molecule has 0 heterocycles. The van der Waals surface area contributed by atoms with Crippen LogP contribution in [0.4, 0.5) is 0 Å². The second kappa shape index (κ2) is 8.19. The van der Waals surface area contributed by atoms with Gasteiger partial charge in [0.2, 0.25) is 0 Å². The topological polar surface area (TPSA) is 63.7 Å². The van der Waals surface area contributed by atoms with Gasteiger partial charge in [-0.2, -0.15) is 0 Å². The van der Waals surface area contributed by atoms with Gasteiger partial charge in [0.15, 0.2) is 0 Å². The van der Waals surface area contributed by atoms with E-state index in [4.69, 9.17) is 4.74 Å². The number of nitrogens with zero attached hydrogens (tertiary/aromatic N) is 1. The molecule has 1 rings (SSSR count). The summed E-state index contributed by atoms with van der Waals surface area (Å²) in [5.74, 6) is -1.05. The lowest BCUT2D eigenvalue weighted by atomic mass is 10.1. The van der Waals surface area contributed by atoms with Crippen molar-refractivity contribution in [3.63, 3.8) is 0 Å². The maximum atomic E-state index is 12.4. The Morgan fingerprint density at radius 1 is 1.05 bits per heavy atom. The summed E-state index contributed by atoms with van der Waals surface area (Å²) in [6, 6.07) is 7.14. The molecule has 1 amide bonds. The van der Waals surface area contributed by atoms with Gasteiger partial charge in [-0.15, -0.1) is 0 Å². The zero-order valence-electron chi connectivity index (χ0n) is 12.7. The van der Waals surface area contributed by atoms with Gasteiger partial charge < -0.3 is 9.64 Å². The van der Waals surface area contributed by atoms with Crippen LogP contribution in [0.3, 0.4) is 0 Å². The van der Waals surface area contributed by atoms with Crippen LogP contribution in [-0.4, -0.2) is 42.3 Å². The molecular formula is C16H21NO4. The van der Waals surface area contributed by atoms with Gasteiger partial charge in [-0.05, 0) is 38.0 Å². The van der Waals surface area contributed by atoms with Crippen LogP contribution in [0.5, 0.6) is 0 Å². The third-order valence-corrected chi connectivity index (χ3v) is 2.94. The number of rotatable bonds is 7. The lowest BCUT2D eigenvalue weighted by Gasteiger charge is -2.20. The normalized spacial score (nSPS) is 10.0. The maximum absolute atomic E-state index is 12.4. The molecule has 21 heavy (non-hydrogen) atoms. The van der Waals surface area contributed by atoms with E-state index in [2.05, 4.69) is 0 Å². The number of benzene rings is 1. The summed E-state index contributed by atoms with van der Waals surface area (Å²) in [5.41, 5.74) is 1.58. The first-order valence-corrected chi connectivity index (χ1v) is 7.01. The molecule has 5 heteroatoms. The van der Waals surface area contributed by atoms with Crippen molar-refractivity contribution < 1.29 is 19.1 Å². The highest BCUT2D eigenvalue weighted by molar-refractivity contribution is 5.98. The minimum atomic E-state index is -0.516. The van der Waals surface area contributed by atoms with Gasteiger partial charge in [-0.3, -0.25) is 14.4 Å². The quantitative estimate of drug-likeness (QED) is 0.719. The van der Waals surface area contributed by atoms with Crippen molar-refractivity contribution in [3.8, 4) is 0 Å². The molecule has 0 aliphatic rings. The number of hydrogen-bond donors (Lipinski definition) is 0. The van der Waals surface area contributed by atoms with Crippen LogP contribution in [0.25, 0.3) is 0 Å². The number of ketones is 1. The second-order valence-corrected chi connectivity index (χ2v) is 4.72. The number of esters is 1. The van der Waals surface area contributed by atoms with Crippen LogP contribution in [0.15, 0.2) is 24.3 Å². The fourth-order valence-corrected chi connectivity index (χ4v) is 1.90. The Morgan fingerprint density at radius 3 is 2.14 bits per heavy atom. The van der Waals surface area contributed by atoms with Gasteiger partial charge in [-0.25, -0.2) is 0 Å². The molecule has 114 valence electrons. The monoisotopic (exact) mass is 291 g/mol. The highest BCUT2D eigenvalue weighted by Crippen LogP contribution is 2.09. The predicted octanol–water partition coefficient (Wildman–Crippen LogP) is 1.84. The summed E-state index contributed by atoms with van der Waals surface area (Å²) in [4.78, 5) is 36.4. The molecule has 0 N–H and O–H groups in total. The SMILES string of the molecule is CCOC(=O)CN(CC(C)=O)C(=O)c1ccc(CC)cc1. The molecule has 5 nitrogen and oxygen atoms in total. The summed E-state index contributed by atoms with van der Waals surface area (Å²) < 4.78 is 4.83. The molecule has 0 aliphatic carbocycles. The molecule has 0 aromatic heterocycles. The fourth-order valence-electron chi connectivity index (χ4n) is 1.90. The van der Waals surface area contributed by atoms with Crippen LogP contribution < -0.4 is 0 Å². The van der Waals surface area contributed by atoms with Crippen LogP contribution in [0, 0.1) is 0 Å². The molecular weight excluding hydrogens is 270 g/mol. The van der Waals surface area contributed by atoms with Crippen molar-refractivity contribution in [2.45, 2.75) is 27.2 Å². The molecule has 0 radical (unpaired) electrons. The largest absolute Gasteiger partial charge is 0.465 e. The van der Waals surface area contributed by atoms with E-state index in [0.717, 1.165) is 12.0 Å². The van der Waals surface area contributed by atoms with E-state index in [1.807, 2.05) is 19.1 Å². The van der Waals surface area contributed by atoms with Crippen molar-refractivity contribution in [1.29, 1.82) is 0 Å². The number of ether oxygens (including phenoxy) is 1. The third kappa shape index (κ3) is 5.38. The minimum Gasteiger partial charge on any atom is -0.465 e. The second-order valence-electron chi connectivity index (χ2n) is 4.72. The lowest BCUT2D eigenvalue weighted by molar-refractivity contribution is -0.143. The first-order chi connectivity index (χ1) is 9.97. The van der Waals surface area contributed by atoms with Gasteiger partial charge in [0.05, 0.1) is 13.2 Å². The summed E-state index contributed by atoms with van der Waals surface area (Å²) in [6.45, 7) is 5.02. The van der Waals surface area contributed by atoms with E-state index in [1.54, 1.807) is 19.1 Å². The Kier molecular flexibility index (Phi) is 6.59. The summed E-state index contributed by atoms with van der Waals surface area (Å²) in [5, 5.41) is 0. The van der Waals surface area contributed by atoms with E-state index in [1.165, 1.54) is 11.8 Å². The van der Waals surface area contributed by atoms with E-state index in [9.17, 15) is 14.4 Å². The van der Waals surface area contributed by atoms with Crippen molar-refractivity contribution in [3.05, 3.63) is 35.4 Å². The number of carbonyl (C=O) groups excluding carboxylic acids is 3. The zero-order chi connectivity index (χ0) is 15.8. The minimum absolute atomic E-state index is 0.104. The Hall–Kier alpha value is -2.17. The third-order valence-electron chi connectivity index (χ3n) is 2.94. The lowest BCUT2D eigenvalue weighted by Crippen LogP contribution is -2.39. The smallest absolute Gasteiger partial charge is 0.325 e. The van der Waals surface area contributed by atoms with E-state index >= 15 is 0 Å². The summed E-state index contributed by atoms with van der Waals surface area (Å²) >= 11 is 0. The Labute approximate surface area is 124 Å². The molecule has 0 bridgehead atoms. The molecule has 0 saturated heterocycles. The molecule has 1 aromatic rings. The van der Waals surface area contributed by atoms with Crippen molar-refractivity contribution >= 4 is 17.7 Å². The number of Topliss-reactive ketones (excluding diaryl/α,β-unsaturated/α-hetero) is 1. The number of hydrogen-bond acceptors (Lipinski definition) is 4. The van der Waals surface area contributed by atoms with E-state index in [0.29, 0.717) is 5.56 Å². The first-order valence-electron chi connectivity index (χ1n) is 7.01. The first kappa shape index (κ1) is 16.9. The summed E-state index contributed by atoms with van der Waals surface area (Å²) in [6.07, 6.45) is 0.883. The highest BCUT2D eigenvalue weighted by atomic mass is 16.5. The average molecular weight is 291 g/mol. The van der Waals surface area contributed by atoms with E-state index in [-0.39, 0.29) is 31.4 Å². The number of amides is 1. The van der Waals surface area contributed by atoms with Crippen LogP contribution in [0.2, 0.25) is 0 Å². The van der Waals surface area contributed by atoms with Gasteiger partial charge >= 0.3 is 5.97 Å².